The van der Waals surface area contributed by atoms with Crippen LogP contribution < -0.4 is 0 Å². The third-order valence-electron chi connectivity index (χ3n) is 15.3. The lowest BCUT2D eigenvalue weighted by Crippen LogP contribution is -2.54. The van der Waals surface area contributed by atoms with Gasteiger partial charge in [0.25, 0.3) is 0 Å². The molecule has 3 saturated carbocycles. The lowest BCUT2D eigenvalue weighted by Gasteiger charge is -2.49. The van der Waals surface area contributed by atoms with Crippen molar-refractivity contribution < 1.29 is 13.6 Å². The third-order valence-corrected chi connectivity index (χ3v) is 27.6. The zero-order chi connectivity index (χ0) is 41.1. The van der Waals surface area contributed by atoms with Crippen LogP contribution >= 0.6 is 0 Å². The highest BCUT2D eigenvalue weighted by molar-refractivity contribution is 6.78. The quantitative estimate of drug-likeness (QED) is 0.138. The molecule has 3 rings (SSSR count). The van der Waals surface area contributed by atoms with Crippen molar-refractivity contribution in [1.29, 1.82) is 0 Å². The van der Waals surface area contributed by atoms with Gasteiger partial charge in [-0.15, -0.1) is 0 Å². The summed E-state index contributed by atoms with van der Waals surface area (Å²) < 4.78 is 15.2. The van der Waals surface area contributed by atoms with E-state index in [4.69, 9.17) is 15.4 Å². The van der Waals surface area contributed by atoms with Crippen LogP contribution in [0.2, 0.25) is 33.2 Å². The van der Waals surface area contributed by atoms with Crippen molar-refractivity contribution in [1.82, 2.24) is 4.90 Å². The maximum absolute atomic E-state index is 13.3. The zero-order valence-electron chi connectivity index (χ0n) is 38.9. The molecule has 0 aromatic heterocycles. The van der Waals surface area contributed by atoms with Crippen LogP contribution in [-0.2, 0) is 13.6 Å². The Labute approximate surface area is 338 Å². The Bertz CT molecular complexity index is 1260. The molecular weight excluding hydrogens is 695 g/mol. The molecular formula is C48H89NO3Si2. The Morgan fingerprint density at radius 3 is 1.76 bits per heavy atom. The van der Waals surface area contributed by atoms with Gasteiger partial charge in [0.05, 0.1) is 12.2 Å². The predicted molar refractivity (Wildman–Crippen MR) is 240 cm³/mol. The van der Waals surface area contributed by atoms with Crippen molar-refractivity contribution in [2.45, 2.75) is 240 Å². The van der Waals surface area contributed by atoms with E-state index < -0.39 is 16.6 Å². The standard InChI is InChI=1S/C48H89NO3Si2/c1-31(2)49(32(3)4)47(50)27-22-39(17)44-25-26-45-41(21-20-28-48(44,45)19)23-24-42-29-43(51-53(33(5)6,34(7)8)35(9)10)30-46(40(42)18)52-54(36(11)12,37(13)14)38(15)16/h23-24,31-39,43-46H,18,20-22,25-30H2,1-17,19H3/t39-,43+,44-,45+,46-,48-/m1/s1. The molecule has 0 N–H and O–H groups in total. The molecule has 312 valence electrons. The molecule has 0 unspecified atom stereocenters. The van der Waals surface area contributed by atoms with Crippen LogP contribution in [0.3, 0.4) is 0 Å². The van der Waals surface area contributed by atoms with Crippen molar-refractivity contribution in [3.63, 3.8) is 0 Å². The van der Waals surface area contributed by atoms with Gasteiger partial charge in [0, 0.05) is 24.9 Å². The van der Waals surface area contributed by atoms with E-state index in [-0.39, 0.29) is 24.3 Å². The van der Waals surface area contributed by atoms with E-state index in [0.717, 1.165) is 19.3 Å². The minimum atomic E-state index is -2.14. The van der Waals surface area contributed by atoms with Gasteiger partial charge in [-0.3, -0.25) is 4.79 Å². The van der Waals surface area contributed by atoms with Gasteiger partial charge in [-0.05, 0) is 140 Å². The Hall–Kier alpha value is -0.956. The molecule has 6 atom stereocenters. The van der Waals surface area contributed by atoms with Crippen LogP contribution in [0.15, 0.2) is 35.5 Å². The molecule has 6 heteroatoms. The molecule has 3 fully saturated rings. The number of carbonyl (C=O) groups is 1. The van der Waals surface area contributed by atoms with Crippen LogP contribution in [0.1, 0.15) is 182 Å². The average molecular weight is 784 g/mol. The van der Waals surface area contributed by atoms with Gasteiger partial charge in [-0.1, -0.05) is 121 Å². The summed E-state index contributed by atoms with van der Waals surface area (Å²) in [4.78, 5) is 15.4. The Morgan fingerprint density at radius 1 is 0.778 bits per heavy atom. The fourth-order valence-electron chi connectivity index (χ4n) is 13.1. The van der Waals surface area contributed by atoms with Gasteiger partial charge in [-0.25, -0.2) is 0 Å². The number of allylic oxidation sites excluding steroid dienone is 3. The second kappa shape index (κ2) is 19.2. The summed E-state index contributed by atoms with van der Waals surface area (Å²) >= 11 is 0. The summed E-state index contributed by atoms with van der Waals surface area (Å²) in [5, 5.41) is 0. The molecule has 0 aromatic carbocycles. The van der Waals surface area contributed by atoms with Gasteiger partial charge in [0.2, 0.25) is 22.5 Å². The van der Waals surface area contributed by atoms with Crippen LogP contribution in [0, 0.1) is 23.2 Å². The highest BCUT2D eigenvalue weighted by atomic mass is 28.4. The van der Waals surface area contributed by atoms with E-state index in [2.05, 4.69) is 142 Å². The average Bonchev–Trinajstić information content (AvgIpc) is 3.41. The number of hydrogen-bond acceptors (Lipinski definition) is 3. The minimum absolute atomic E-state index is 0.00353. The first kappa shape index (κ1) is 47.4. The number of hydrogen-bond donors (Lipinski definition) is 0. The van der Waals surface area contributed by atoms with E-state index in [0.29, 0.717) is 68.7 Å². The van der Waals surface area contributed by atoms with Crippen molar-refractivity contribution >= 4 is 22.5 Å². The predicted octanol–water partition coefficient (Wildman–Crippen LogP) is 14.6. The summed E-state index contributed by atoms with van der Waals surface area (Å²) in [6.45, 7) is 47.4. The molecule has 0 aliphatic heterocycles. The monoisotopic (exact) mass is 784 g/mol. The highest BCUT2D eigenvalue weighted by Crippen LogP contribution is 2.60. The van der Waals surface area contributed by atoms with Gasteiger partial charge in [-0.2, -0.15) is 0 Å². The lowest BCUT2D eigenvalue weighted by atomic mass is 9.60. The second-order valence-electron chi connectivity index (χ2n) is 21.0. The van der Waals surface area contributed by atoms with Gasteiger partial charge in [0.1, 0.15) is 0 Å². The number of carbonyl (C=O) groups excluding carboxylic acids is 1. The van der Waals surface area contributed by atoms with Crippen LogP contribution in [0.4, 0.5) is 0 Å². The smallest absolute Gasteiger partial charge is 0.223 e. The molecule has 0 spiro atoms. The van der Waals surface area contributed by atoms with Gasteiger partial charge in [0.15, 0.2) is 0 Å². The van der Waals surface area contributed by atoms with E-state index in [1.54, 1.807) is 5.57 Å². The van der Waals surface area contributed by atoms with E-state index >= 15 is 0 Å². The SMILES string of the molecule is C=C1C(=CC=C2CCC[C@]3(C)[C@@H]([C@H](C)CCC(=O)N(C(C)C)C(C)C)CC[C@@H]23)C[C@H](O[Si](C(C)C)(C(C)C)C(C)C)C[C@H]1O[Si](C(C)C)(C(C)C)C(C)C. The summed E-state index contributed by atoms with van der Waals surface area (Å²) in [5.41, 5.74) is 7.73. The highest BCUT2D eigenvalue weighted by Gasteiger charge is 2.52. The molecule has 0 bridgehead atoms. The maximum atomic E-state index is 13.3. The van der Waals surface area contributed by atoms with Gasteiger partial charge < -0.3 is 13.8 Å². The first-order chi connectivity index (χ1) is 25.0. The number of rotatable bonds is 17. The number of fused-ring (bicyclic) bond motifs is 1. The maximum Gasteiger partial charge on any atom is 0.223 e. The van der Waals surface area contributed by atoms with Crippen molar-refractivity contribution in [3.8, 4) is 0 Å². The van der Waals surface area contributed by atoms with E-state index in [9.17, 15) is 4.79 Å². The topological polar surface area (TPSA) is 38.8 Å². The molecule has 0 radical (unpaired) electrons. The number of amides is 1. The molecule has 0 heterocycles. The Kier molecular flexibility index (Phi) is 16.9. The minimum Gasteiger partial charge on any atom is -0.413 e. The first-order valence-electron chi connectivity index (χ1n) is 22.7. The van der Waals surface area contributed by atoms with Gasteiger partial charge >= 0.3 is 0 Å². The molecule has 0 aromatic rings. The summed E-state index contributed by atoms with van der Waals surface area (Å²) in [6, 6.07) is 0.501. The number of nitrogens with zero attached hydrogens (tertiary/aromatic N) is 1. The normalized spacial score (nSPS) is 28.0. The van der Waals surface area contributed by atoms with Crippen LogP contribution in [0.25, 0.3) is 0 Å². The Morgan fingerprint density at radius 2 is 1.28 bits per heavy atom. The summed E-state index contributed by atoms with van der Waals surface area (Å²) in [7, 11) is -4.24. The van der Waals surface area contributed by atoms with Crippen molar-refractivity contribution in [2.24, 2.45) is 23.2 Å². The molecule has 54 heavy (non-hydrogen) atoms. The van der Waals surface area contributed by atoms with E-state index in [1.165, 1.54) is 43.3 Å². The third kappa shape index (κ3) is 9.66. The largest absolute Gasteiger partial charge is 0.413 e. The molecule has 1 amide bonds. The first-order valence-corrected chi connectivity index (χ1v) is 27.0. The fraction of sp³-hybridized carbons (Fsp3) is 0.854. The fourth-order valence-corrected chi connectivity index (χ4v) is 24.2. The zero-order valence-corrected chi connectivity index (χ0v) is 40.9. The molecule has 4 nitrogen and oxygen atoms in total. The van der Waals surface area contributed by atoms with Crippen molar-refractivity contribution in [3.05, 3.63) is 35.5 Å². The summed E-state index contributed by atoms with van der Waals surface area (Å²) in [6.07, 6.45) is 15.0. The molecule has 3 aliphatic rings. The second-order valence-corrected chi connectivity index (χ2v) is 31.8. The molecule has 3 aliphatic carbocycles. The van der Waals surface area contributed by atoms with Crippen molar-refractivity contribution in [2.75, 3.05) is 0 Å². The van der Waals surface area contributed by atoms with Crippen LogP contribution in [-0.4, -0.2) is 51.7 Å². The lowest BCUT2D eigenvalue weighted by molar-refractivity contribution is -0.135. The Balaban J connectivity index is 1.97. The van der Waals surface area contributed by atoms with E-state index in [1.807, 2.05) is 0 Å². The summed E-state index contributed by atoms with van der Waals surface area (Å²) in [5.74, 6) is 2.16. The van der Waals surface area contributed by atoms with Crippen LogP contribution in [0.5, 0.6) is 0 Å². The molecule has 0 saturated heterocycles.